The highest BCUT2D eigenvalue weighted by atomic mass is 19.4. The van der Waals surface area contributed by atoms with E-state index in [2.05, 4.69) is 11.8 Å². The number of methoxy groups -OCH3 is 1. The normalized spacial score (nSPS) is 20.3. The van der Waals surface area contributed by atoms with Crippen LogP contribution in [-0.4, -0.2) is 54.7 Å². The van der Waals surface area contributed by atoms with Gasteiger partial charge < -0.3 is 25.2 Å². The second kappa shape index (κ2) is 10.5. The number of aliphatic hydroxyl groups is 1. The molecule has 0 spiro atoms. The average Bonchev–Trinajstić information content (AvgIpc) is 3.19. The summed E-state index contributed by atoms with van der Waals surface area (Å²) in [7, 11) is 1.47. The molecule has 3 rings (SSSR count). The molecule has 0 aliphatic carbocycles. The van der Waals surface area contributed by atoms with Crippen LogP contribution in [0.2, 0.25) is 0 Å². The first-order valence-corrected chi connectivity index (χ1v) is 11.1. The summed E-state index contributed by atoms with van der Waals surface area (Å²) in [6.07, 6.45) is -5.21. The molecule has 0 aromatic heterocycles. The predicted molar refractivity (Wildman–Crippen MR) is 125 cm³/mol. The van der Waals surface area contributed by atoms with Gasteiger partial charge in [0.2, 0.25) is 0 Å². The zero-order chi connectivity index (χ0) is 26.7. The second-order valence-corrected chi connectivity index (χ2v) is 8.86. The highest BCUT2D eigenvalue weighted by Gasteiger charge is 2.49. The van der Waals surface area contributed by atoms with Crippen molar-refractivity contribution in [1.82, 2.24) is 4.90 Å². The van der Waals surface area contributed by atoms with Crippen molar-refractivity contribution >= 4 is 11.8 Å². The third-order valence-electron chi connectivity index (χ3n) is 6.52. The Bertz CT molecular complexity index is 1180. The Morgan fingerprint density at radius 3 is 2.44 bits per heavy atom. The summed E-state index contributed by atoms with van der Waals surface area (Å²) in [4.78, 5) is 25.0. The van der Waals surface area contributed by atoms with Gasteiger partial charge in [-0.15, -0.1) is 0 Å². The monoisotopic (exact) mass is 504 g/mol. The van der Waals surface area contributed by atoms with Crippen LogP contribution in [0.25, 0.3) is 0 Å². The first-order valence-electron chi connectivity index (χ1n) is 11.1. The molecule has 1 aliphatic heterocycles. The van der Waals surface area contributed by atoms with E-state index in [4.69, 9.17) is 15.2 Å². The van der Waals surface area contributed by atoms with Crippen LogP contribution in [0.1, 0.15) is 36.5 Å². The number of primary amides is 1. The number of likely N-dealkylation sites (tertiary alicyclic amines) is 1. The fourth-order valence-corrected chi connectivity index (χ4v) is 4.25. The van der Waals surface area contributed by atoms with Gasteiger partial charge in [0, 0.05) is 30.0 Å². The maximum absolute atomic E-state index is 12.7. The minimum atomic E-state index is -4.41. The summed E-state index contributed by atoms with van der Waals surface area (Å²) >= 11 is 0. The van der Waals surface area contributed by atoms with Gasteiger partial charge in [-0.1, -0.05) is 24.8 Å². The van der Waals surface area contributed by atoms with E-state index in [1.54, 1.807) is 25.1 Å². The number of carbonyl (C=O) groups is 2. The lowest BCUT2D eigenvalue weighted by molar-refractivity contribution is -0.143. The predicted octanol–water partition coefficient (Wildman–Crippen LogP) is 2.94. The number of alkyl halides is 3. The van der Waals surface area contributed by atoms with E-state index >= 15 is 0 Å². The van der Waals surface area contributed by atoms with Crippen LogP contribution in [0.5, 0.6) is 11.5 Å². The van der Waals surface area contributed by atoms with Gasteiger partial charge in [-0.3, -0.25) is 9.59 Å². The van der Waals surface area contributed by atoms with E-state index in [-0.39, 0.29) is 25.6 Å². The molecule has 3 N–H and O–H groups in total. The molecular formula is C26H27F3N2O5. The summed E-state index contributed by atoms with van der Waals surface area (Å²) in [6.45, 7) is 3.73. The van der Waals surface area contributed by atoms with Gasteiger partial charge in [-0.25, -0.2) is 0 Å². The molecule has 3 atom stereocenters. The number of rotatable bonds is 5. The Labute approximate surface area is 207 Å². The van der Waals surface area contributed by atoms with E-state index in [1.807, 2.05) is 6.92 Å². The molecule has 3 unspecified atom stereocenters. The number of ether oxygens (including phenoxy) is 2. The quantitative estimate of drug-likeness (QED) is 0.482. The van der Waals surface area contributed by atoms with E-state index in [1.165, 1.54) is 24.1 Å². The molecule has 36 heavy (non-hydrogen) atoms. The summed E-state index contributed by atoms with van der Waals surface area (Å²) < 4.78 is 49.2. The standard InChI is InChI=1S/C26H27F3N2O5/c1-16(32)25(2)15-31(24(34)23(30)33)14-20(25)18-8-11-21(35-3)22(13-18)36-12-4-5-17-6-9-19(10-7-17)26(27,28)29/h6-11,13,16,20,32H,12,14-15H2,1-3H3,(H2,30,33). The number of nitrogens with zero attached hydrogens (tertiary/aromatic N) is 1. The van der Waals surface area contributed by atoms with Crippen molar-refractivity contribution in [3.8, 4) is 23.3 Å². The third-order valence-corrected chi connectivity index (χ3v) is 6.52. The molecule has 10 heteroatoms. The molecule has 2 aromatic rings. The average molecular weight is 505 g/mol. The number of hydrogen-bond donors (Lipinski definition) is 2. The lowest BCUT2D eigenvalue weighted by atomic mass is 9.72. The van der Waals surface area contributed by atoms with Crippen LogP contribution in [-0.2, 0) is 15.8 Å². The van der Waals surface area contributed by atoms with Gasteiger partial charge in [-0.05, 0) is 48.9 Å². The van der Waals surface area contributed by atoms with Crippen molar-refractivity contribution in [2.45, 2.75) is 32.0 Å². The molecule has 1 fully saturated rings. The first-order chi connectivity index (χ1) is 16.9. The maximum Gasteiger partial charge on any atom is 0.416 e. The Hall–Kier alpha value is -3.71. The number of aliphatic hydroxyl groups excluding tert-OH is 1. The van der Waals surface area contributed by atoms with Crippen molar-refractivity contribution in [1.29, 1.82) is 0 Å². The molecular weight excluding hydrogens is 477 g/mol. The van der Waals surface area contributed by atoms with Crippen molar-refractivity contribution in [3.05, 3.63) is 59.2 Å². The van der Waals surface area contributed by atoms with Gasteiger partial charge in [0.1, 0.15) is 6.61 Å². The highest BCUT2D eigenvalue weighted by molar-refractivity contribution is 6.34. The lowest BCUT2D eigenvalue weighted by Gasteiger charge is -2.33. The second-order valence-electron chi connectivity index (χ2n) is 8.86. The highest BCUT2D eigenvalue weighted by Crippen LogP contribution is 2.46. The van der Waals surface area contributed by atoms with E-state index in [0.717, 1.165) is 17.7 Å². The van der Waals surface area contributed by atoms with Gasteiger partial charge in [-0.2, -0.15) is 13.2 Å². The smallest absolute Gasteiger partial charge is 0.416 e. The number of halogens is 3. The van der Waals surface area contributed by atoms with Crippen LogP contribution in [0.15, 0.2) is 42.5 Å². The number of nitrogens with two attached hydrogens (primary N) is 1. The van der Waals surface area contributed by atoms with Crippen molar-refractivity contribution in [2.75, 3.05) is 26.8 Å². The van der Waals surface area contributed by atoms with Crippen LogP contribution >= 0.6 is 0 Å². The Morgan fingerprint density at radius 2 is 1.89 bits per heavy atom. The Morgan fingerprint density at radius 1 is 1.22 bits per heavy atom. The Balaban J connectivity index is 1.80. The molecule has 1 saturated heterocycles. The summed E-state index contributed by atoms with van der Waals surface area (Å²) in [6, 6.07) is 9.70. The van der Waals surface area contributed by atoms with E-state index < -0.39 is 35.1 Å². The molecule has 1 aliphatic rings. The van der Waals surface area contributed by atoms with Crippen molar-refractivity contribution in [2.24, 2.45) is 11.1 Å². The molecule has 0 bridgehead atoms. The van der Waals surface area contributed by atoms with Crippen molar-refractivity contribution in [3.63, 3.8) is 0 Å². The maximum atomic E-state index is 12.7. The first kappa shape index (κ1) is 26.9. The minimum Gasteiger partial charge on any atom is -0.493 e. The minimum absolute atomic E-state index is 0.0640. The molecule has 0 saturated carbocycles. The lowest BCUT2D eigenvalue weighted by Crippen LogP contribution is -2.41. The summed E-state index contributed by atoms with van der Waals surface area (Å²) in [5.41, 5.74) is 4.83. The van der Waals surface area contributed by atoms with Crippen molar-refractivity contribution < 1.29 is 37.3 Å². The zero-order valence-corrected chi connectivity index (χ0v) is 20.1. The molecule has 7 nitrogen and oxygen atoms in total. The van der Waals surface area contributed by atoms with Gasteiger partial charge in [0.25, 0.3) is 0 Å². The molecule has 192 valence electrons. The summed E-state index contributed by atoms with van der Waals surface area (Å²) in [5, 5.41) is 10.5. The van der Waals surface area contributed by atoms with Gasteiger partial charge in [0.15, 0.2) is 11.5 Å². The van der Waals surface area contributed by atoms with Crippen LogP contribution in [0.4, 0.5) is 13.2 Å². The largest absolute Gasteiger partial charge is 0.493 e. The number of amides is 2. The van der Waals surface area contributed by atoms with Crippen LogP contribution in [0, 0.1) is 17.3 Å². The fourth-order valence-electron chi connectivity index (χ4n) is 4.25. The molecule has 0 radical (unpaired) electrons. The number of benzene rings is 2. The van der Waals surface area contributed by atoms with Crippen LogP contribution < -0.4 is 15.2 Å². The number of carbonyl (C=O) groups excluding carboxylic acids is 2. The van der Waals surface area contributed by atoms with Crippen LogP contribution in [0.3, 0.4) is 0 Å². The molecule has 1 heterocycles. The third kappa shape index (κ3) is 5.74. The van der Waals surface area contributed by atoms with Gasteiger partial charge in [0.05, 0.1) is 18.8 Å². The summed E-state index contributed by atoms with van der Waals surface area (Å²) in [5.74, 6) is 4.11. The molecule has 2 amide bonds. The molecule has 2 aromatic carbocycles. The van der Waals surface area contributed by atoms with Gasteiger partial charge >= 0.3 is 18.0 Å². The number of hydrogen-bond acceptors (Lipinski definition) is 5. The fraction of sp³-hybridized carbons (Fsp3) is 0.385. The Kier molecular flexibility index (Phi) is 7.84. The zero-order valence-electron chi connectivity index (χ0n) is 20.1. The van der Waals surface area contributed by atoms with E-state index in [0.29, 0.717) is 17.1 Å². The SMILES string of the molecule is COc1ccc(C2CN(C(=O)C(N)=O)CC2(C)C(C)O)cc1OCC#Cc1ccc(C(F)(F)F)cc1. The topological polar surface area (TPSA) is 102 Å². The van der Waals surface area contributed by atoms with E-state index in [9.17, 15) is 27.9 Å².